The van der Waals surface area contributed by atoms with Crippen LogP contribution in [-0.2, 0) is 43.5 Å². The highest BCUT2D eigenvalue weighted by Crippen LogP contribution is 2.28. The molecule has 3 aromatic rings. The summed E-state index contributed by atoms with van der Waals surface area (Å²) in [5, 5.41) is 11.0. The molecule has 6 nitrogen and oxygen atoms in total. The Kier molecular flexibility index (Phi) is 9.21. The largest absolute Gasteiger partial charge is 0.385 e. The molecule has 3 aromatic carbocycles. The first kappa shape index (κ1) is 24.5. The summed E-state index contributed by atoms with van der Waals surface area (Å²) in [7, 11) is 1.51. The van der Waals surface area contributed by atoms with Crippen LogP contribution < -0.4 is 0 Å². The molecule has 0 unspecified atom stereocenters. The monoisotopic (exact) mass is 464 g/mol. The third-order valence-electron chi connectivity index (χ3n) is 5.81. The highest BCUT2D eigenvalue weighted by molar-refractivity contribution is 5.15. The molecular formula is C28H32O6. The molecule has 4 rings (SSSR count). The first-order chi connectivity index (χ1) is 16.7. The van der Waals surface area contributed by atoms with Gasteiger partial charge in [-0.15, -0.1) is 0 Å². The lowest BCUT2D eigenvalue weighted by atomic mass is 9.98. The third-order valence-corrected chi connectivity index (χ3v) is 5.81. The van der Waals surface area contributed by atoms with Crippen molar-refractivity contribution in [1.29, 1.82) is 0 Å². The number of hydrogen-bond donors (Lipinski definition) is 1. The van der Waals surface area contributed by atoms with Gasteiger partial charge in [0.2, 0.25) is 0 Å². The second-order valence-corrected chi connectivity index (χ2v) is 8.29. The molecule has 1 heterocycles. The molecule has 0 aromatic heterocycles. The van der Waals surface area contributed by atoms with Crippen molar-refractivity contribution in [2.45, 2.75) is 50.5 Å². The zero-order valence-electron chi connectivity index (χ0n) is 19.4. The summed E-state index contributed by atoms with van der Waals surface area (Å²) in [4.78, 5) is 0. The Morgan fingerprint density at radius 2 is 1.15 bits per heavy atom. The van der Waals surface area contributed by atoms with Crippen LogP contribution in [0.15, 0.2) is 91.0 Å². The molecule has 1 fully saturated rings. The van der Waals surface area contributed by atoms with Gasteiger partial charge >= 0.3 is 0 Å². The maximum Gasteiger partial charge on any atom is 0.186 e. The molecule has 0 aliphatic carbocycles. The van der Waals surface area contributed by atoms with E-state index in [0.29, 0.717) is 19.8 Å². The summed E-state index contributed by atoms with van der Waals surface area (Å²) in [6.07, 6.45) is -3.56. The second kappa shape index (κ2) is 12.8. The van der Waals surface area contributed by atoms with E-state index in [4.69, 9.17) is 23.7 Å². The lowest BCUT2D eigenvalue weighted by molar-refractivity contribution is -0.313. The normalized spacial score (nSPS) is 24.7. The van der Waals surface area contributed by atoms with E-state index in [-0.39, 0.29) is 6.61 Å². The van der Waals surface area contributed by atoms with Crippen molar-refractivity contribution < 1.29 is 28.8 Å². The number of benzene rings is 3. The van der Waals surface area contributed by atoms with Gasteiger partial charge in [-0.05, 0) is 16.7 Å². The van der Waals surface area contributed by atoms with E-state index >= 15 is 0 Å². The molecule has 0 saturated carbocycles. The predicted molar refractivity (Wildman–Crippen MR) is 128 cm³/mol. The average molecular weight is 465 g/mol. The zero-order chi connectivity index (χ0) is 23.6. The summed E-state index contributed by atoms with van der Waals surface area (Å²) in [5.74, 6) is 0. The fraction of sp³-hybridized carbons (Fsp3) is 0.357. The molecule has 0 amide bonds. The lowest BCUT2D eigenvalue weighted by Crippen LogP contribution is -2.60. The predicted octanol–water partition coefficient (Wildman–Crippen LogP) is 4.11. The Labute approximate surface area is 201 Å². The maximum absolute atomic E-state index is 11.0. The van der Waals surface area contributed by atoms with E-state index in [1.165, 1.54) is 7.11 Å². The van der Waals surface area contributed by atoms with Gasteiger partial charge in [-0.25, -0.2) is 0 Å². The summed E-state index contributed by atoms with van der Waals surface area (Å²) < 4.78 is 30.0. The molecule has 6 heteroatoms. The quantitative estimate of drug-likeness (QED) is 0.461. The average Bonchev–Trinajstić information content (AvgIpc) is 2.89. The van der Waals surface area contributed by atoms with Crippen molar-refractivity contribution in [3.05, 3.63) is 108 Å². The Bertz CT molecular complexity index is 952. The van der Waals surface area contributed by atoms with E-state index in [9.17, 15) is 5.11 Å². The Morgan fingerprint density at radius 1 is 0.676 bits per heavy atom. The smallest absolute Gasteiger partial charge is 0.186 e. The Morgan fingerprint density at radius 3 is 1.65 bits per heavy atom. The fourth-order valence-corrected chi connectivity index (χ4v) is 4.02. The van der Waals surface area contributed by atoms with Gasteiger partial charge in [-0.1, -0.05) is 91.0 Å². The van der Waals surface area contributed by atoms with Crippen molar-refractivity contribution in [2.24, 2.45) is 0 Å². The minimum absolute atomic E-state index is 0.270. The topological polar surface area (TPSA) is 66.4 Å². The van der Waals surface area contributed by atoms with Gasteiger partial charge in [0.05, 0.1) is 26.4 Å². The summed E-state index contributed by atoms with van der Waals surface area (Å²) in [5.41, 5.74) is 3.10. The molecule has 1 N–H and O–H groups in total. The second-order valence-electron chi connectivity index (χ2n) is 8.29. The van der Waals surface area contributed by atoms with E-state index in [1.54, 1.807) is 0 Å². The van der Waals surface area contributed by atoms with Crippen LogP contribution in [0.5, 0.6) is 0 Å². The standard InChI is InChI=1S/C28H32O6/c1-30-28-25(29)27(33-19-23-15-9-4-10-16-23)26(32-18-22-13-7-3-8-14-22)24(34-28)20-31-17-21-11-5-2-6-12-21/h2-16,24-29H,17-20H2,1H3/t24-,25+,26-,27-,28+/m0/s1. The van der Waals surface area contributed by atoms with Gasteiger partial charge in [0, 0.05) is 7.11 Å². The van der Waals surface area contributed by atoms with Crippen molar-refractivity contribution in [3.8, 4) is 0 Å². The first-order valence-corrected chi connectivity index (χ1v) is 11.5. The summed E-state index contributed by atoms with van der Waals surface area (Å²) in [6, 6.07) is 29.7. The summed E-state index contributed by atoms with van der Waals surface area (Å²) >= 11 is 0. The number of aliphatic hydroxyl groups excluding tert-OH is 1. The van der Waals surface area contributed by atoms with Gasteiger partial charge in [0.25, 0.3) is 0 Å². The van der Waals surface area contributed by atoms with Crippen LogP contribution in [-0.4, -0.2) is 49.5 Å². The van der Waals surface area contributed by atoms with Crippen LogP contribution in [0.1, 0.15) is 16.7 Å². The number of methoxy groups -OCH3 is 1. The van der Waals surface area contributed by atoms with E-state index in [0.717, 1.165) is 16.7 Å². The SMILES string of the molecule is CO[C@@H]1O[C@@H](COCc2ccccc2)[C@H](OCc2ccccc2)[C@@H](OCc2ccccc2)[C@H]1O. The maximum atomic E-state index is 11.0. The summed E-state index contributed by atoms with van der Waals surface area (Å²) in [6.45, 7) is 1.41. The minimum Gasteiger partial charge on any atom is -0.385 e. The molecule has 1 saturated heterocycles. The van der Waals surface area contributed by atoms with Crippen molar-refractivity contribution in [3.63, 3.8) is 0 Å². The molecule has 0 radical (unpaired) electrons. The van der Waals surface area contributed by atoms with Crippen molar-refractivity contribution in [1.82, 2.24) is 0 Å². The lowest BCUT2D eigenvalue weighted by Gasteiger charge is -2.43. The van der Waals surface area contributed by atoms with E-state index in [2.05, 4.69) is 0 Å². The minimum atomic E-state index is -1.01. The molecule has 0 spiro atoms. The van der Waals surface area contributed by atoms with Gasteiger partial charge in [-0.2, -0.15) is 0 Å². The number of hydrogen-bond acceptors (Lipinski definition) is 6. The highest BCUT2D eigenvalue weighted by atomic mass is 16.7. The fourth-order valence-electron chi connectivity index (χ4n) is 4.02. The van der Waals surface area contributed by atoms with Crippen LogP contribution in [0, 0.1) is 0 Å². The first-order valence-electron chi connectivity index (χ1n) is 11.5. The molecule has 1 aliphatic rings. The number of ether oxygens (including phenoxy) is 5. The third kappa shape index (κ3) is 6.73. The van der Waals surface area contributed by atoms with Gasteiger partial charge in [0.15, 0.2) is 6.29 Å². The number of aliphatic hydroxyl groups is 1. The van der Waals surface area contributed by atoms with Crippen LogP contribution in [0.2, 0.25) is 0 Å². The number of rotatable bonds is 11. The Balaban J connectivity index is 1.48. The molecule has 0 bridgehead atoms. The highest BCUT2D eigenvalue weighted by Gasteiger charge is 2.47. The van der Waals surface area contributed by atoms with Gasteiger partial charge in [-0.3, -0.25) is 0 Å². The van der Waals surface area contributed by atoms with E-state index in [1.807, 2.05) is 91.0 Å². The van der Waals surface area contributed by atoms with Crippen molar-refractivity contribution >= 4 is 0 Å². The Hall–Kier alpha value is -2.58. The molecule has 1 aliphatic heterocycles. The van der Waals surface area contributed by atoms with Crippen molar-refractivity contribution in [2.75, 3.05) is 13.7 Å². The van der Waals surface area contributed by atoms with Gasteiger partial charge < -0.3 is 28.8 Å². The zero-order valence-corrected chi connectivity index (χ0v) is 19.4. The van der Waals surface area contributed by atoms with E-state index < -0.39 is 30.7 Å². The molecular weight excluding hydrogens is 432 g/mol. The van der Waals surface area contributed by atoms with Gasteiger partial charge in [0.1, 0.15) is 24.4 Å². The van der Waals surface area contributed by atoms with Crippen LogP contribution in [0.4, 0.5) is 0 Å². The van der Waals surface area contributed by atoms with Crippen LogP contribution >= 0.6 is 0 Å². The van der Waals surface area contributed by atoms with Crippen LogP contribution in [0.3, 0.4) is 0 Å². The van der Waals surface area contributed by atoms with Crippen LogP contribution in [0.25, 0.3) is 0 Å². The molecule has 34 heavy (non-hydrogen) atoms. The molecule has 5 atom stereocenters. The molecule has 180 valence electrons.